The van der Waals surface area contributed by atoms with Crippen molar-refractivity contribution in [3.05, 3.63) is 0 Å². The molecule has 0 aromatic carbocycles. The quantitative estimate of drug-likeness (QED) is 0.783. The van der Waals surface area contributed by atoms with Crippen molar-refractivity contribution in [2.75, 3.05) is 31.9 Å². The van der Waals surface area contributed by atoms with Gasteiger partial charge in [0.05, 0.1) is 5.75 Å². The van der Waals surface area contributed by atoms with Crippen molar-refractivity contribution in [2.45, 2.75) is 44.6 Å². The molecule has 0 aromatic rings. The fourth-order valence-electron chi connectivity index (χ4n) is 2.90. The Morgan fingerprint density at radius 3 is 2.50 bits per heavy atom. The number of piperidine rings is 1. The van der Waals surface area contributed by atoms with E-state index in [0.717, 1.165) is 32.2 Å². The van der Waals surface area contributed by atoms with E-state index in [4.69, 9.17) is 5.73 Å². The summed E-state index contributed by atoms with van der Waals surface area (Å²) in [6.07, 6.45) is 4.52. The molecule has 0 spiro atoms. The summed E-state index contributed by atoms with van der Waals surface area (Å²) >= 11 is 0. The molecule has 0 saturated carbocycles. The summed E-state index contributed by atoms with van der Waals surface area (Å²) in [4.78, 5) is 13.8. The fourth-order valence-corrected chi connectivity index (χ4v) is 4.48. The second kappa shape index (κ2) is 6.87. The molecule has 2 saturated heterocycles. The highest BCUT2D eigenvalue weighted by atomic mass is 32.2. The number of sulfonamides is 1. The molecule has 0 bridgehead atoms. The van der Waals surface area contributed by atoms with Crippen LogP contribution in [0.2, 0.25) is 0 Å². The van der Waals surface area contributed by atoms with Crippen molar-refractivity contribution in [1.29, 1.82) is 0 Å². The predicted octanol–water partition coefficient (Wildman–Crippen LogP) is 0.142. The van der Waals surface area contributed by atoms with Crippen molar-refractivity contribution < 1.29 is 13.2 Å². The molecule has 0 radical (unpaired) electrons. The zero-order chi connectivity index (χ0) is 14.6. The van der Waals surface area contributed by atoms with Gasteiger partial charge in [0.2, 0.25) is 15.9 Å². The van der Waals surface area contributed by atoms with Crippen LogP contribution in [-0.4, -0.2) is 61.5 Å². The molecule has 6 nitrogen and oxygen atoms in total. The molecular weight excluding hydrogens is 278 g/mol. The van der Waals surface area contributed by atoms with E-state index in [9.17, 15) is 13.2 Å². The van der Waals surface area contributed by atoms with Gasteiger partial charge in [-0.05, 0) is 32.1 Å². The van der Waals surface area contributed by atoms with Gasteiger partial charge in [-0.15, -0.1) is 0 Å². The second-order valence-corrected chi connectivity index (χ2v) is 7.86. The molecule has 0 aliphatic carbocycles. The summed E-state index contributed by atoms with van der Waals surface area (Å²) in [6, 6.07) is 0.0704. The van der Waals surface area contributed by atoms with Crippen LogP contribution < -0.4 is 5.73 Å². The lowest BCUT2D eigenvalue weighted by Gasteiger charge is -2.30. The largest absolute Gasteiger partial charge is 0.341 e. The minimum atomic E-state index is -3.16. The van der Waals surface area contributed by atoms with Crippen LogP contribution in [0, 0.1) is 0 Å². The molecule has 2 fully saturated rings. The molecule has 20 heavy (non-hydrogen) atoms. The van der Waals surface area contributed by atoms with Crippen LogP contribution in [0.3, 0.4) is 0 Å². The van der Waals surface area contributed by atoms with Crippen molar-refractivity contribution in [2.24, 2.45) is 5.73 Å². The molecule has 2 aliphatic rings. The summed E-state index contributed by atoms with van der Waals surface area (Å²) in [7, 11) is -3.16. The number of amides is 1. The monoisotopic (exact) mass is 303 g/mol. The lowest BCUT2D eigenvalue weighted by molar-refractivity contribution is -0.132. The lowest BCUT2D eigenvalue weighted by atomic mass is 10.1. The molecule has 2 N–H and O–H groups in total. The van der Waals surface area contributed by atoms with Gasteiger partial charge in [0.15, 0.2) is 0 Å². The number of carbonyl (C=O) groups is 1. The molecule has 7 heteroatoms. The van der Waals surface area contributed by atoms with E-state index >= 15 is 0 Å². The number of likely N-dealkylation sites (tertiary alicyclic amines) is 1. The molecule has 1 amide bonds. The summed E-state index contributed by atoms with van der Waals surface area (Å²) in [5.41, 5.74) is 5.85. The summed E-state index contributed by atoms with van der Waals surface area (Å²) in [6.45, 7) is 2.64. The Kier molecular flexibility index (Phi) is 5.40. The number of rotatable bonds is 5. The average molecular weight is 303 g/mol. The highest BCUT2D eigenvalue weighted by molar-refractivity contribution is 7.89. The summed E-state index contributed by atoms with van der Waals surface area (Å²) in [5, 5.41) is 0. The van der Waals surface area contributed by atoms with E-state index in [-0.39, 0.29) is 17.7 Å². The number of hydrogen-bond acceptors (Lipinski definition) is 4. The molecule has 2 heterocycles. The van der Waals surface area contributed by atoms with Crippen LogP contribution in [0.15, 0.2) is 0 Å². The normalized spacial score (nSPS) is 25.1. The van der Waals surface area contributed by atoms with Gasteiger partial charge in [0, 0.05) is 38.6 Å². The molecule has 2 rings (SSSR count). The Hall–Kier alpha value is -0.660. The second-order valence-electron chi connectivity index (χ2n) is 5.77. The van der Waals surface area contributed by atoms with Gasteiger partial charge < -0.3 is 10.6 Å². The SMILES string of the molecule is NC1CCCN(C(=O)CCCS(=O)(=O)N2CCCC2)C1. The van der Waals surface area contributed by atoms with Gasteiger partial charge in [-0.25, -0.2) is 12.7 Å². The predicted molar refractivity (Wildman–Crippen MR) is 77.6 cm³/mol. The van der Waals surface area contributed by atoms with E-state index in [2.05, 4.69) is 0 Å². The molecule has 0 aromatic heterocycles. The van der Waals surface area contributed by atoms with Crippen molar-refractivity contribution in [3.63, 3.8) is 0 Å². The number of carbonyl (C=O) groups excluding carboxylic acids is 1. The van der Waals surface area contributed by atoms with E-state index < -0.39 is 10.0 Å². The first-order chi connectivity index (χ1) is 9.49. The van der Waals surface area contributed by atoms with E-state index in [1.165, 1.54) is 0 Å². The van der Waals surface area contributed by atoms with Crippen molar-refractivity contribution >= 4 is 15.9 Å². The third-order valence-electron chi connectivity index (χ3n) is 4.06. The maximum absolute atomic E-state index is 12.0. The Morgan fingerprint density at radius 1 is 1.15 bits per heavy atom. The maximum Gasteiger partial charge on any atom is 0.222 e. The molecule has 2 aliphatic heterocycles. The summed E-state index contributed by atoms with van der Waals surface area (Å²) in [5.74, 6) is 0.121. The number of nitrogens with two attached hydrogens (primary N) is 1. The smallest absolute Gasteiger partial charge is 0.222 e. The van der Waals surface area contributed by atoms with Crippen molar-refractivity contribution in [3.8, 4) is 0 Å². The first-order valence-electron chi connectivity index (χ1n) is 7.50. The first-order valence-corrected chi connectivity index (χ1v) is 9.11. The lowest BCUT2D eigenvalue weighted by Crippen LogP contribution is -2.45. The molecule has 1 unspecified atom stereocenters. The average Bonchev–Trinajstić information content (AvgIpc) is 2.93. The minimum absolute atomic E-state index is 0.0387. The number of nitrogens with zero attached hydrogens (tertiary/aromatic N) is 2. The van der Waals surface area contributed by atoms with Gasteiger partial charge in [-0.3, -0.25) is 4.79 Å². The highest BCUT2D eigenvalue weighted by Gasteiger charge is 2.26. The van der Waals surface area contributed by atoms with E-state index in [1.807, 2.05) is 0 Å². The van der Waals surface area contributed by atoms with Gasteiger partial charge >= 0.3 is 0 Å². The van der Waals surface area contributed by atoms with Crippen molar-refractivity contribution in [1.82, 2.24) is 9.21 Å². The van der Waals surface area contributed by atoms with Crippen LogP contribution in [0.1, 0.15) is 38.5 Å². The molecular formula is C13H25N3O3S. The first kappa shape index (κ1) is 15.7. The van der Waals surface area contributed by atoms with E-state index in [1.54, 1.807) is 9.21 Å². The van der Waals surface area contributed by atoms with Gasteiger partial charge in [0.25, 0.3) is 0 Å². The van der Waals surface area contributed by atoms with Gasteiger partial charge in [-0.2, -0.15) is 0 Å². The topological polar surface area (TPSA) is 83.7 Å². The highest BCUT2D eigenvalue weighted by Crippen LogP contribution is 2.15. The third-order valence-corrected chi connectivity index (χ3v) is 6.02. The Labute approximate surface area is 121 Å². The van der Waals surface area contributed by atoms with Crippen LogP contribution >= 0.6 is 0 Å². The standard InChI is InChI=1S/C13H25N3O3S/c14-12-5-3-7-15(11-12)13(17)6-4-10-20(18,19)16-8-1-2-9-16/h12H,1-11,14H2. The van der Waals surface area contributed by atoms with Gasteiger partial charge in [-0.1, -0.05) is 0 Å². The molecule has 116 valence electrons. The Balaban J connectivity index is 1.73. The third kappa shape index (κ3) is 4.17. The minimum Gasteiger partial charge on any atom is -0.341 e. The van der Waals surface area contributed by atoms with Crippen LogP contribution in [-0.2, 0) is 14.8 Å². The summed E-state index contributed by atoms with van der Waals surface area (Å²) < 4.78 is 25.6. The van der Waals surface area contributed by atoms with Crippen LogP contribution in [0.25, 0.3) is 0 Å². The fraction of sp³-hybridized carbons (Fsp3) is 0.923. The zero-order valence-electron chi connectivity index (χ0n) is 12.0. The number of hydrogen-bond donors (Lipinski definition) is 1. The van der Waals surface area contributed by atoms with E-state index in [0.29, 0.717) is 32.5 Å². The Morgan fingerprint density at radius 2 is 1.85 bits per heavy atom. The van der Waals surface area contributed by atoms with Crippen LogP contribution in [0.4, 0.5) is 0 Å². The molecule has 1 atom stereocenters. The van der Waals surface area contributed by atoms with Gasteiger partial charge in [0.1, 0.15) is 0 Å². The van der Waals surface area contributed by atoms with Crippen LogP contribution in [0.5, 0.6) is 0 Å². The maximum atomic E-state index is 12.0. The zero-order valence-corrected chi connectivity index (χ0v) is 12.8. The Bertz CT molecular complexity index is 432.